The lowest BCUT2D eigenvalue weighted by Gasteiger charge is -2.16. The summed E-state index contributed by atoms with van der Waals surface area (Å²) in [6.07, 6.45) is 0. The van der Waals surface area contributed by atoms with E-state index >= 15 is 0 Å². The Kier molecular flexibility index (Phi) is 5.40. The van der Waals surface area contributed by atoms with Crippen LogP contribution in [-0.4, -0.2) is 16.0 Å². The van der Waals surface area contributed by atoms with E-state index in [-0.39, 0.29) is 5.91 Å². The Labute approximate surface area is 173 Å². The van der Waals surface area contributed by atoms with Crippen molar-refractivity contribution in [2.45, 2.75) is 13.0 Å². The Balaban J connectivity index is 1.68. The molecule has 0 saturated heterocycles. The minimum atomic E-state index is -0.591. The van der Waals surface area contributed by atoms with Gasteiger partial charge in [-0.3, -0.25) is 4.79 Å². The van der Waals surface area contributed by atoms with Gasteiger partial charge in [0.15, 0.2) is 0 Å². The molecule has 5 nitrogen and oxygen atoms in total. The number of amides is 1. The molecule has 1 amide bonds. The normalized spacial score (nSPS) is 11.8. The number of nitrogens with one attached hydrogen (secondary N) is 1. The largest absolute Gasteiger partial charge is 0.336 e. The van der Waals surface area contributed by atoms with E-state index in [1.54, 1.807) is 24.3 Å². The van der Waals surface area contributed by atoms with Gasteiger partial charge in [-0.2, -0.15) is 4.98 Å². The van der Waals surface area contributed by atoms with E-state index in [1.165, 1.54) is 0 Å². The molecule has 29 heavy (non-hydrogen) atoms. The minimum Gasteiger partial charge on any atom is -0.336 e. The number of carbonyl (C=O) groups excluding carboxylic acids is 1. The van der Waals surface area contributed by atoms with Crippen LogP contribution in [0, 0.1) is 6.92 Å². The summed E-state index contributed by atoms with van der Waals surface area (Å²) >= 11 is 6.03. The van der Waals surface area contributed by atoms with E-state index < -0.39 is 6.04 Å². The fourth-order valence-corrected chi connectivity index (χ4v) is 3.14. The zero-order valence-electron chi connectivity index (χ0n) is 15.7. The summed E-state index contributed by atoms with van der Waals surface area (Å²) in [5, 5.41) is 7.56. The van der Waals surface area contributed by atoms with Crippen LogP contribution < -0.4 is 5.32 Å². The molecule has 0 spiro atoms. The van der Waals surface area contributed by atoms with Crippen LogP contribution in [0.25, 0.3) is 11.4 Å². The standard InChI is InChI=1S/C23H18ClN3O2/c1-15-10-12-16(13-11-15)20(25-22(28)18-8-5-9-19(24)14-18)23-26-21(27-29-23)17-6-3-2-4-7-17/h2-14,20H,1H3,(H,25,28). The highest BCUT2D eigenvalue weighted by Gasteiger charge is 2.24. The Hall–Kier alpha value is -3.44. The van der Waals surface area contributed by atoms with Crippen molar-refractivity contribution >= 4 is 17.5 Å². The molecule has 1 aromatic heterocycles. The Morgan fingerprint density at radius 2 is 1.76 bits per heavy atom. The average molecular weight is 404 g/mol. The molecule has 144 valence electrons. The first kappa shape index (κ1) is 18.9. The van der Waals surface area contributed by atoms with E-state index in [0.29, 0.717) is 22.3 Å². The molecule has 4 rings (SSSR count). The topological polar surface area (TPSA) is 68.0 Å². The second kappa shape index (κ2) is 8.29. The number of benzene rings is 3. The first-order chi connectivity index (χ1) is 14.1. The smallest absolute Gasteiger partial charge is 0.254 e. The van der Waals surface area contributed by atoms with Crippen molar-refractivity contribution in [2.75, 3.05) is 0 Å². The number of aromatic nitrogens is 2. The molecule has 0 aliphatic heterocycles. The maximum absolute atomic E-state index is 12.8. The van der Waals surface area contributed by atoms with Gasteiger partial charge in [0.2, 0.25) is 5.82 Å². The predicted molar refractivity (Wildman–Crippen MR) is 112 cm³/mol. The third-order valence-electron chi connectivity index (χ3n) is 4.49. The molecular weight excluding hydrogens is 386 g/mol. The number of hydrogen-bond acceptors (Lipinski definition) is 4. The van der Waals surface area contributed by atoms with Crippen molar-refractivity contribution in [2.24, 2.45) is 0 Å². The highest BCUT2D eigenvalue weighted by molar-refractivity contribution is 6.30. The van der Waals surface area contributed by atoms with Crippen LogP contribution in [0.3, 0.4) is 0 Å². The molecule has 1 unspecified atom stereocenters. The summed E-state index contributed by atoms with van der Waals surface area (Å²) < 4.78 is 5.52. The summed E-state index contributed by atoms with van der Waals surface area (Å²) in [6, 6.07) is 23.5. The number of nitrogens with zero attached hydrogens (tertiary/aromatic N) is 2. The molecule has 0 radical (unpaired) electrons. The molecule has 0 aliphatic carbocycles. The quantitative estimate of drug-likeness (QED) is 0.496. The van der Waals surface area contributed by atoms with E-state index in [1.807, 2.05) is 61.5 Å². The van der Waals surface area contributed by atoms with Gasteiger partial charge >= 0.3 is 0 Å². The number of halogens is 1. The Morgan fingerprint density at radius 1 is 1.00 bits per heavy atom. The van der Waals surface area contributed by atoms with Crippen LogP contribution in [0.1, 0.15) is 33.4 Å². The van der Waals surface area contributed by atoms with Crippen molar-refractivity contribution in [1.82, 2.24) is 15.5 Å². The number of hydrogen-bond donors (Lipinski definition) is 1. The monoisotopic (exact) mass is 403 g/mol. The van der Waals surface area contributed by atoms with Crippen LogP contribution in [0.15, 0.2) is 83.4 Å². The Morgan fingerprint density at radius 3 is 2.48 bits per heavy atom. The second-order valence-electron chi connectivity index (χ2n) is 6.65. The number of rotatable bonds is 5. The van der Waals surface area contributed by atoms with Gasteiger partial charge in [0, 0.05) is 16.1 Å². The zero-order valence-corrected chi connectivity index (χ0v) is 16.4. The first-order valence-corrected chi connectivity index (χ1v) is 9.50. The summed E-state index contributed by atoms with van der Waals surface area (Å²) in [4.78, 5) is 17.4. The van der Waals surface area contributed by atoms with Gasteiger partial charge in [-0.05, 0) is 30.7 Å². The molecule has 3 aromatic carbocycles. The predicted octanol–water partition coefficient (Wildman–Crippen LogP) is 5.22. The van der Waals surface area contributed by atoms with E-state index in [2.05, 4.69) is 15.5 Å². The molecule has 0 bridgehead atoms. The molecule has 4 aromatic rings. The van der Waals surface area contributed by atoms with Crippen molar-refractivity contribution < 1.29 is 9.32 Å². The lowest BCUT2D eigenvalue weighted by atomic mass is 10.0. The minimum absolute atomic E-state index is 0.280. The van der Waals surface area contributed by atoms with Crippen molar-refractivity contribution in [3.8, 4) is 11.4 Å². The fourth-order valence-electron chi connectivity index (χ4n) is 2.95. The fraction of sp³-hybridized carbons (Fsp3) is 0.0870. The van der Waals surface area contributed by atoms with Gasteiger partial charge in [-0.25, -0.2) is 0 Å². The lowest BCUT2D eigenvalue weighted by Crippen LogP contribution is -2.29. The maximum Gasteiger partial charge on any atom is 0.254 e. The van der Waals surface area contributed by atoms with Gasteiger partial charge in [0.1, 0.15) is 6.04 Å². The van der Waals surface area contributed by atoms with Crippen molar-refractivity contribution in [3.05, 3.63) is 106 Å². The Bertz CT molecular complexity index is 1120. The van der Waals surface area contributed by atoms with Crippen LogP contribution in [0.5, 0.6) is 0 Å². The lowest BCUT2D eigenvalue weighted by molar-refractivity contribution is 0.0936. The van der Waals surface area contributed by atoms with Crippen LogP contribution in [0.2, 0.25) is 5.02 Å². The van der Waals surface area contributed by atoms with E-state index in [4.69, 9.17) is 16.1 Å². The third kappa shape index (κ3) is 4.36. The SMILES string of the molecule is Cc1ccc(C(NC(=O)c2cccc(Cl)c2)c2nc(-c3ccccc3)no2)cc1. The van der Waals surface area contributed by atoms with E-state index in [9.17, 15) is 4.79 Å². The highest BCUT2D eigenvalue weighted by Crippen LogP contribution is 2.25. The number of carbonyl (C=O) groups is 1. The summed E-state index contributed by atoms with van der Waals surface area (Å²) in [5.41, 5.74) is 3.25. The molecule has 0 aliphatic rings. The number of aryl methyl sites for hydroxylation is 1. The molecule has 1 heterocycles. The first-order valence-electron chi connectivity index (χ1n) is 9.12. The molecule has 0 fully saturated rings. The van der Waals surface area contributed by atoms with Gasteiger partial charge in [0.25, 0.3) is 11.8 Å². The van der Waals surface area contributed by atoms with E-state index in [0.717, 1.165) is 16.7 Å². The van der Waals surface area contributed by atoms with Gasteiger partial charge in [0.05, 0.1) is 0 Å². The van der Waals surface area contributed by atoms with Gasteiger partial charge < -0.3 is 9.84 Å². The molecule has 1 atom stereocenters. The zero-order chi connectivity index (χ0) is 20.2. The highest BCUT2D eigenvalue weighted by atomic mass is 35.5. The summed E-state index contributed by atoms with van der Waals surface area (Å²) in [6.45, 7) is 2.00. The summed E-state index contributed by atoms with van der Waals surface area (Å²) in [7, 11) is 0. The van der Waals surface area contributed by atoms with Gasteiger partial charge in [-0.1, -0.05) is 83.0 Å². The van der Waals surface area contributed by atoms with Gasteiger partial charge in [-0.15, -0.1) is 0 Å². The van der Waals surface area contributed by atoms with Crippen molar-refractivity contribution in [1.29, 1.82) is 0 Å². The van der Waals surface area contributed by atoms with Crippen LogP contribution in [0.4, 0.5) is 0 Å². The molecule has 6 heteroatoms. The van der Waals surface area contributed by atoms with Crippen LogP contribution >= 0.6 is 11.6 Å². The maximum atomic E-state index is 12.8. The second-order valence-corrected chi connectivity index (χ2v) is 7.09. The van der Waals surface area contributed by atoms with Crippen LogP contribution in [-0.2, 0) is 0 Å². The molecular formula is C23H18ClN3O2. The summed E-state index contributed by atoms with van der Waals surface area (Å²) in [5.74, 6) is 0.496. The average Bonchev–Trinajstić information content (AvgIpc) is 3.23. The third-order valence-corrected chi connectivity index (χ3v) is 4.73. The molecule has 1 N–H and O–H groups in total. The molecule has 0 saturated carbocycles. The van der Waals surface area contributed by atoms with Crippen molar-refractivity contribution in [3.63, 3.8) is 0 Å².